The van der Waals surface area contributed by atoms with Crippen LogP contribution in [0.25, 0.3) is 0 Å². The van der Waals surface area contributed by atoms with E-state index in [1.54, 1.807) is 0 Å². The van der Waals surface area contributed by atoms with Crippen molar-refractivity contribution in [1.29, 1.82) is 0 Å². The summed E-state index contributed by atoms with van der Waals surface area (Å²) in [5, 5.41) is 3.20. The molecule has 0 bridgehead atoms. The average molecular weight is 377 g/mol. The van der Waals surface area contributed by atoms with Gasteiger partial charge < -0.3 is 9.73 Å². The van der Waals surface area contributed by atoms with Gasteiger partial charge in [0.05, 0.1) is 19.1 Å². The Kier molecular flexibility index (Phi) is 5.18. The molecule has 1 aliphatic carbocycles. The van der Waals surface area contributed by atoms with Gasteiger partial charge >= 0.3 is 0 Å². The molecule has 2 aromatic rings. The van der Waals surface area contributed by atoms with E-state index in [1.807, 2.05) is 42.3 Å². The van der Waals surface area contributed by atoms with E-state index in [2.05, 4.69) is 33.4 Å². The minimum atomic E-state index is 0.0545. The van der Waals surface area contributed by atoms with Gasteiger partial charge in [0.15, 0.2) is 4.67 Å². The van der Waals surface area contributed by atoms with E-state index in [-0.39, 0.29) is 11.9 Å². The summed E-state index contributed by atoms with van der Waals surface area (Å²) in [5.74, 6) is 1.47. The SMILES string of the molecule is CN(CC(=O)NC(c1ccccc1)C1CC1)Cc1ccc(Br)o1. The van der Waals surface area contributed by atoms with E-state index in [0.717, 1.165) is 5.76 Å². The van der Waals surface area contributed by atoms with Gasteiger partial charge in [-0.15, -0.1) is 0 Å². The molecule has 5 heteroatoms. The fourth-order valence-corrected chi connectivity index (χ4v) is 3.13. The number of benzene rings is 1. The molecule has 1 aliphatic rings. The van der Waals surface area contributed by atoms with Crippen LogP contribution in [-0.4, -0.2) is 24.4 Å². The zero-order chi connectivity index (χ0) is 16.2. The van der Waals surface area contributed by atoms with Crippen molar-refractivity contribution in [2.75, 3.05) is 13.6 Å². The molecule has 1 aromatic carbocycles. The first-order valence-electron chi connectivity index (χ1n) is 7.89. The number of furan rings is 1. The molecule has 1 amide bonds. The third-order valence-electron chi connectivity index (χ3n) is 4.04. The molecule has 1 aromatic heterocycles. The summed E-state index contributed by atoms with van der Waals surface area (Å²) in [6.45, 7) is 0.965. The Labute approximate surface area is 145 Å². The highest BCUT2D eigenvalue weighted by molar-refractivity contribution is 9.10. The third kappa shape index (κ3) is 4.69. The van der Waals surface area contributed by atoms with E-state index >= 15 is 0 Å². The maximum absolute atomic E-state index is 12.4. The standard InChI is InChI=1S/C18H21BrN2O2/c1-21(11-15-9-10-16(19)23-15)12-17(22)20-18(14-7-8-14)13-5-3-2-4-6-13/h2-6,9-10,14,18H,7-8,11-12H2,1H3,(H,20,22). The number of carbonyl (C=O) groups excluding carboxylic acids is 1. The first-order chi connectivity index (χ1) is 11.1. The van der Waals surface area contributed by atoms with Crippen molar-refractivity contribution in [3.8, 4) is 0 Å². The Morgan fingerprint density at radius 1 is 1.30 bits per heavy atom. The van der Waals surface area contributed by atoms with Gasteiger partial charge in [0, 0.05) is 0 Å². The smallest absolute Gasteiger partial charge is 0.234 e. The van der Waals surface area contributed by atoms with Crippen LogP contribution in [0.3, 0.4) is 0 Å². The largest absolute Gasteiger partial charge is 0.453 e. The van der Waals surface area contributed by atoms with E-state index < -0.39 is 0 Å². The van der Waals surface area contributed by atoms with E-state index in [1.165, 1.54) is 18.4 Å². The van der Waals surface area contributed by atoms with Crippen molar-refractivity contribution in [2.45, 2.75) is 25.4 Å². The summed E-state index contributed by atoms with van der Waals surface area (Å²) in [6, 6.07) is 14.1. The molecule has 23 heavy (non-hydrogen) atoms. The van der Waals surface area contributed by atoms with Crippen LogP contribution in [0.1, 0.15) is 30.2 Å². The number of amides is 1. The minimum Gasteiger partial charge on any atom is -0.453 e. The second kappa shape index (κ2) is 7.32. The first kappa shape index (κ1) is 16.3. The lowest BCUT2D eigenvalue weighted by atomic mass is 10.0. The van der Waals surface area contributed by atoms with Crippen molar-refractivity contribution in [1.82, 2.24) is 10.2 Å². The summed E-state index contributed by atoms with van der Waals surface area (Å²) >= 11 is 3.29. The molecule has 3 rings (SSSR count). The van der Waals surface area contributed by atoms with Crippen LogP contribution in [0.4, 0.5) is 0 Å². The van der Waals surface area contributed by atoms with Crippen molar-refractivity contribution in [2.24, 2.45) is 5.92 Å². The number of hydrogen-bond donors (Lipinski definition) is 1. The molecule has 0 spiro atoms. The van der Waals surface area contributed by atoms with Crippen molar-refractivity contribution >= 4 is 21.8 Å². The number of nitrogens with zero attached hydrogens (tertiary/aromatic N) is 1. The first-order valence-corrected chi connectivity index (χ1v) is 8.68. The zero-order valence-electron chi connectivity index (χ0n) is 13.2. The molecule has 122 valence electrons. The van der Waals surface area contributed by atoms with E-state index in [4.69, 9.17) is 4.42 Å². The molecule has 1 heterocycles. The minimum absolute atomic E-state index is 0.0545. The number of likely N-dealkylation sites (N-methyl/N-ethyl adjacent to an activating group) is 1. The zero-order valence-corrected chi connectivity index (χ0v) is 14.8. The maximum atomic E-state index is 12.4. The van der Waals surface area contributed by atoms with Gasteiger partial charge in [-0.3, -0.25) is 9.69 Å². The van der Waals surface area contributed by atoms with Crippen LogP contribution < -0.4 is 5.32 Å². The summed E-state index contributed by atoms with van der Waals surface area (Å²) < 4.78 is 6.19. The Hall–Kier alpha value is -1.59. The lowest BCUT2D eigenvalue weighted by Crippen LogP contribution is -2.37. The maximum Gasteiger partial charge on any atom is 0.234 e. The van der Waals surface area contributed by atoms with Crippen LogP contribution in [0, 0.1) is 5.92 Å². The number of rotatable bonds is 7. The summed E-state index contributed by atoms with van der Waals surface area (Å²) in [6.07, 6.45) is 2.38. The Bertz CT molecular complexity index is 652. The highest BCUT2D eigenvalue weighted by Crippen LogP contribution is 2.40. The van der Waals surface area contributed by atoms with Crippen LogP contribution >= 0.6 is 15.9 Å². The van der Waals surface area contributed by atoms with Crippen LogP contribution in [0.5, 0.6) is 0 Å². The van der Waals surface area contributed by atoms with Crippen molar-refractivity contribution < 1.29 is 9.21 Å². The lowest BCUT2D eigenvalue weighted by Gasteiger charge is -2.21. The predicted octanol–water partition coefficient (Wildman–Crippen LogP) is 3.74. The van der Waals surface area contributed by atoms with Gasteiger partial charge in [0.25, 0.3) is 0 Å². The fourth-order valence-electron chi connectivity index (χ4n) is 2.79. The highest BCUT2D eigenvalue weighted by Gasteiger charge is 2.33. The summed E-state index contributed by atoms with van der Waals surface area (Å²) in [4.78, 5) is 14.3. The molecule has 0 saturated heterocycles. The summed E-state index contributed by atoms with van der Waals surface area (Å²) in [7, 11) is 1.92. The second-order valence-corrected chi connectivity index (χ2v) is 6.95. The average Bonchev–Trinajstić information content (AvgIpc) is 3.29. The number of hydrogen-bond acceptors (Lipinski definition) is 3. The molecule has 0 aliphatic heterocycles. The fraction of sp³-hybridized carbons (Fsp3) is 0.389. The molecule has 1 unspecified atom stereocenters. The number of nitrogens with one attached hydrogen (secondary N) is 1. The van der Waals surface area contributed by atoms with Gasteiger partial charge in [-0.25, -0.2) is 0 Å². The van der Waals surface area contributed by atoms with Gasteiger partial charge in [-0.1, -0.05) is 30.3 Å². The molecule has 1 fully saturated rings. The normalized spacial score (nSPS) is 15.6. The van der Waals surface area contributed by atoms with Crippen molar-refractivity contribution in [3.05, 3.63) is 58.5 Å². The Balaban J connectivity index is 1.55. The Morgan fingerprint density at radius 3 is 2.65 bits per heavy atom. The van der Waals surface area contributed by atoms with Gasteiger partial charge in [-0.05, 0) is 59.4 Å². The van der Waals surface area contributed by atoms with Crippen molar-refractivity contribution in [3.63, 3.8) is 0 Å². The molecule has 4 nitrogen and oxygen atoms in total. The quantitative estimate of drug-likeness (QED) is 0.800. The van der Waals surface area contributed by atoms with Gasteiger partial charge in [0.1, 0.15) is 5.76 Å². The monoisotopic (exact) mass is 376 g/mol. The van der Waals surface area contributed by atoms with E-state index in [9.17, 15) is 4.79 Å². The second-order valence-electron chi connectivity index (χ2n) is 6.17. The molecule has 1 saturated carbocycles. The number of halogens is 1. The highest BCUT2D eigenvalue weighted by atomic mass is 79.9. The van der Waals surface area contributed by atoms with Crippen LogP contribution in [-0.2, 0) is 11.3 Å². The molecular weight excluding hydrogens is 356 g/mol. The third-order valence-corrected chi connectivity index (χ3v) is 4.46. The molecule has 0 radical (unpaired) electrons. The Morgan fingerprint density at radius 2 is 2.04 bits per heavy atom. The van der Waals surface area contributed by atoms with E-state index in [0.29, 0.717) is 23.7 Å². The molecule has 1 atom stereocenters. The topological polar surface area (TPSA) is 45.5 Å². The van der Waals surface area contributed by atoms with Gasteiger partial charge in [0.2, 0.25) is 5.91 Å². The predicted molar refractivity (Wildman–Crippen MR) is 92.8 cm³/mol. The van der Waals surface area contributed by atoms with Crippen LogP contribution in [0.15, 0.2) is 51.6 Å². The molecule has 1 N–H and O–H groups in total. The number of carbonyl (C=O) groups is 1. The van der Waals surface area contributed by atoms with Gasteiger partial charge in [-0.2, -0.15) is 0 Å². The summed E-state index contributed by atoms with van der Waals surface area (Å²) in [5.41, 5.74) is 1.20. The van der Waals surface area contributed by atoms with Crippen LogP contribution in [0.2, 0.25) is 0 Å². The lowest BCUT2D eigenvalue weighted by molar-refractivity contribution is -0.123. The molecular formula is C18H21BrN2O2.